The largest absolute Gasteiger partial charge is 0.380 e. The van der Waals surface area contributed by atoms with Crippen LogP contribution in [-0.4, -0.2) is 19.7 Å². The Labute approximate surface area is 161 Å². The molecule has 0 saturated carbocycles. The lowest BCUT2D eigenvalue weighted by molar-refractivity contribution is -0.383. The van der Waals surface area contributed by atoms with Gasteiger partial charge in [-0.15, -0.1) is 0 Å². The van der Waals surface area contributed by atoms with E-state index >= 15 is 0 Å². The number of aromatic nitrogens is 3. The van der Waals surface area contributed by atoms with Crippen molar-refractivity contribution >= 4 is 22.3 Å². The van der Waals surface area contributed by atoms with Gasteiger partial charge >= 0.3 is 0 Å². The normalized spacial score (nSPS) is 10.9. The fourth-order valence-corrected chi connectivity index (χ4v) is 3.35. The Hall–Kier alpha value is -3.74. The number of pyridine rings is 1. The van der Waals surface area contributed by atoms with Gasteiger partial charge in [0.05, 0.1) is 10.6 Å². The molecule has 2 heterocycles. The lowest BCUT2D eigenvalue weighted by Crippen LogP contribution is -2.03. The summed E-state index contributed by atoms with van der Waals surface area (Å²) in [7, 11) is 1.89. The van der Waals surface area contributed by atoms with Crippen molar-refractivity contribution in [3.05, 3.63) is 82.2 Å². The highest BCUT2D eigenvalue weighted by Gasteiger charge is 2.16. The molecule has 0 aliphatic rings. The summed E-state index contributed by atoms with van der Waals surface area (Å²) in [6.45, 7) is 2.38. The first kappa shape index (κ1) is 17.7. The number of para-hydroxylation sites is 1. The molecule has 0 radical (unpaired) electrons. The summed E-state index contributed by atoms with van der Waals surface area (Å²) in [4.78, 5) is 15.3. The van der Waals surface area contributed by atoms with Crippen LogP contribution in [0.1, 0.15) is 11.3 Å². The molecule has 140 valence electrons. The molecular weight excluding hydrogens is 354 g/mol. The highest BCUT2D eigenvalue weighted by atomic mass is 16.6. The van der Waals surface area contributed by atoms with E-state index in [0.717, 1.165) is 33.6 Å². The molecule has 2 aromatic heterocycles. The maximum atomic E-state index is 11.4. The van der Waals surface area contributed by atoms with E-state index in [1.165, 1.54) is 6.07 Å². The zero-order chi connectivity index (χ0) is 19.7. The van der Waals surface area contributed by atoms with Crippen molar-refractivity contribution in [2.24, 2.45) is 7.05 Å². The zero-order valence-corrected chi connectivity index (χ0v) is 15.6. The first-order chi connectivity index (χ1) is 13.5. The molecule has 0 fully saturated rings. The van der Waals surface area contributed by atoms with Gasteiger partial charge in [-0.05, 0) is 13.0 Å². The molecule has 0 saturated heterocycles. The maximum absolute atomic E-state index is 11.4. The molecule has 1 N–H and O–H groups in total. The van der Waals surface area contributed by atoms with Crippen molar-refractivity contribution in [2.45, 2.75) is 13.5 Å². The minimum absolute atomic E-state index is 0.00982. The second-order valence-corrected chi connectivity index (χ2v) is 6.64. The Morgan fingerprint density at radius 3 is 2.68 bits per heavy atom. The number of benzene rings is 2. The number of aryl methyl sites for hydroxylation is 2. The quantitative estimate of drug-likeness (QED) is 0.412. The van der Waals surface area contributed by atoms with Crippen molar-refractivity contribution in [3.8, 4) is 11.3 Å². The van der Waals surface area contributed by atoms with Gasteiger partial charge in [-0.3, -0.25) is 14.8 Å². The fraction of sp³-hybridized carbons (Fsp3) is 0.143. The third kappa shape index (κ3) is 3.29. The van der Waals surface area contributed by atoms with Crippen molar-refractivity contribution < 1.29 is 4.92 Å². The molecule has 7 nitrogen and oxygen atoms in total. The van der Waals surface area contributed by atoms with Crippen LogP contribution in [0.2, 0.25) is 0 Å². The van der Waals surface area contributed by atoms with Crippen molar-refractivity contribution in [3.63, 3.8) is 0 Å². The average molecular weight is 373 g/mol. The topological polar surface area (TPSA) is 85.9 Å². The molecule has 0 bridgehead atoms. The number of hydrogen-bond donors (Lipinski definition) is 1. The molecule has 0 aliphatic heterocycles. The lowest BCUT2D eigenvalue weighted by Gasteiger charge is -2.11. The molecule has 0 aliphatic carbocycles. The molecule has 2 aromatic carbocycles. The van der Waals surface area contributed by atoms with Gasteiger partial charge in [0.2, 0.25) is 0 Å². The Morgan fingerprint density at radius 2 is 1.93 bits per heavy atom. The first-order valence-electron chi connectivity index (χ1n) is 8.89. The molecule has 4 aromatic rings. The van der Waals surface area contributed by atoms with Gasteiger partial charge in [0.25, 0.3) is 5.69 Å². The second-order valence-electron chi connectivity index (χ2n) is 6.64. The molecule has 7 heteroatoms. The van der Waals surface area contributed by atoms with Crippen molar-refractivity contribution in [1.82, 2.24) is 14.8 Å². The van der Waals surface area contributed by atoms with Crippen LogP contribution >= 0.6 is 0 Å². The van der Waals surface area contributed by atoms with Crippen LogP contribution in [-0.2, 0) is 13.6 Å². The molecule has 28 heavy (non-hydrogen) atoms. The van der Waals surface area contributed by atoms with Crippen molar-refractivity contribution in [1.29, 1.82) is 0 Å². The van der Waals surface area contributed by atoms with Crippen LogP contribution in [0.25, 0.3) is 22.2 Å². The highest BCUT2D eigenvalue weighted by molar-refractivity contribution is 5.96. The van der Waals surface area contributed by atoms with E-state index in [-0.39, 0.29) is 5.69 Å². The van der Waals surface area contributed by atoms with Crippen LogP contribution < -0.4 is 5.32 Å². The Morgan fingerprint density at radius 1 is 1.14 bits per heavy atom. The summed E-state index contributed by atoms with van der Waals surface area (Å²) in [5.41, 5.74) is 4.94. The van der Waals surface area contributed by atoms with E-state index < -0.39 is 4.92 Å². The lowest BCUT2D eigenvalue weighted by atomic mass is 10.1. The number of nitrogens with one attached hydrogen (secondary N) is 1. The summed E-state index contributed by atoms with van der Waals surface area (Å²) in [6.07, 6.45) is 1.98. The molecule has 0 atom stereocenters. The summed E-state index contributed by atoms with van der Waals surface area (Å²) in [5, 5.41) is 20.1. The van der Waals surface area contributed by atoms with Gasteiger partial charge in [0.1, 0.15) is 0 Å². The van der Waals surface area contributed by atoms with E-state index in [2.05, 4.69) is 15.4 Å². The van der Waals surface area contributed by atoms with Crippen LogP contribution in [0.15, 0.2) is 60.8 Å². The number of nitro groups is 1. The summed E-state index contributed by atoms with van der Waals surface area (Å²) in [5.74, 6) is 0. The van der Waals surface area contributed by atoms with E-state index in [9.17, 15) is 10.1 Å². The van der Waals surface area contributed by atoms with Crippen molar-refractivity contribution in [2.75, 3.05) is 5.32 Å². The molecule has 4 rings (SSSR count). The smallest absolute Gasteiger partial charge is 0.295 e. The molecule has 0 spiro atoms. The number of rotatable bonds is 5. The first-order valence-corrected chi connectivity index (χ1v) is 8.89. The van der Waals surface area contributed by atoms with Gasteiger partial charge < -0.3 is 5.32 Å². The van der Waals surface area contributed by atoms with Gasteiger partial charge in [-0.1, -0.05) is 42.5 Å². The highest BCUT2D eigenvalue weighted by Crippen LogP contribution is 2.31. The number of fused-ring (bicyclic) bond motifs is 1. The Balaban J connectivity index is 1.71. The molecule has 0 unspecified atom stereocenters. The predicted molar refractivity (Wildman–Crippen MR) is 109 cm³/mol. The number of anilines is 1. The van der Waals surface area contributed by atoms with E-state index in [1.807, 2.05) is 62.6 Å². The number of non-ortho nitro benzene ring substituents is 1. The summed E-state index contributed by atoms with van der Waals surface area (Å²) in [6, 6.07) is 16.9. The molecular formula is C21H19N5O2. The van der Waals surface area contributed by atoms with Gasteiger partial charge in [0, 0.05) is 53.8 Å². The van der Waals surface area contributed by atoms with E-state index in [1.54, 1.807) is 10.7 Å². The standard InChI is InChI=1S/C21H19N5O2/c1-14-11-18(17-9-6-10-19(26(27)28)21(17)23-14)22-12-16-13-25(2)24-20(16)15-7-4-3-5-8-15/h3-11,13H,12H2,1-2H3,(H,22,23). The number of nitrogens with zero attached hydrogens (tertiary/aromatic N) is 4. The van der Waals surface area contributed by atoms with Crippen LogP contribution in [0, 0.1) is 17.0 Å². The van der Waals surface area contributed by atoms with Gasteiger partial charge in [-0.2, -0.15) is 5.10 Å². The van der Waals surface area contributed by atoms with E-state index in [4.69, 9.17) is 0 Å². The van der Waals surface area contributed by atoms with Crippen LogP contribution in [0.4, 0.5) is 11.4 Å². The minimum Gasteiger partial charge on any atom is -0.380 e. The van der Waals surface area contributed by atoms with Crippen LogP contribution in [0.3, 0.4) is 0 Å². The Bertz CT molecular complexity index is 1170. The molecule has 0 amide bonds. The number of hydrogen-bond acceptors (Lipinski definition) is 5. The SMILES string of the molecule is Cc1cc(NCc2cn(C)nc2-c2ccccc2)c2cccc([N+](=O)[O-])c2n1. The zero-order valence-electron chi connectivity index (χ0n) is 15.6. The fourth-order valence-electron chi connectivity index (χ4n) is 3.35. The summed E-state index contributed by atoms with van der Waals surface area (Å²) >= 11 is 0. The third-order valence-corrected chi connectivity index (χ3v) is 4.56. The van der Waals surface area contributed by atoms with Crippen LogP contribution in [0.5, 0.6) is 0 Å². The summed E-state index contributed by atoms with van der Waals surface area (Å²) < 4.78 is 1.79. The monoisotopic (exact) mass is 373 g/mol. The van der Waals surface area contributed by atoms with Gasteiger partial charge in [-0.25, -0.2) is 4.98 Å². The average Bonchev–Trinajstić information content (AvgIpc) is 3.06. The third-order valence-electron chi connectivity index (χ3n) is 4.56. The Kier molecular flexibility index (Phi) is 4.49. The maximum Gasteiger partial charge on any atom is 0.295 e. The second kappa shape index (κ2) is 7.11. The van der Waals surface area contributed by atoms with Gasteiger partial charge in [0.15, 0.2) is 5.52 Å². The van der Waals surface area contributed by atoms with E-state index in [0.29, 0.717) is 12.1 Å². The number of nitro benzene ring substituents is 1. The minimum atomic E-state index is -0.396. The predicted octanol–water partition coefficient (Wildman–Crippen LogP) is 4.46.